The normalized spacial score (nSPS) is 20.1. The van der Waals surface area contributed by atoms with E-state index in [1.807, 2.05) is 6.07 Å². The quantitative estimate of drug-likeness (QED) is 0.472. The van der Waals surface area contributed by atoms with Crippen LogP contribution in [0.3, 0.4) is 0 Å². The van der Waals surface area contributed by atoms with Gasteiger partial charge in [-0.15, -0.1) is 0 Å². The maximum absolute atomic E-state index is 12.4. The predicted molar refractivity (Wildman–Crippen MR) is 68.6 cm³/mol. The summed E-state index contributed by atoms with van der Waals surface area (Å²) < 4.78 is 4.73. The van der Waals surface area contributed by atoms with Gasteiger partial charge in [-0.1, -0.05) is 30.3 Å². The topological polar surface area (TPSA) is 60.4 Å². The third kappa shape index (κ3) is 2.89. The first-order valence-electron chi connectivity index (χ1n) is 6.32. The van der Waals surface area contributed by atoms with Crippen molar-refractivity contribution in [3.8, 4) is 0 Å². The Morgan fingerprint density at radius 3 is 2.47 bits per heavy atom. The van der Waals surface area contributed by atoms with Crippen LogP contribution in [-0.2, 0) is 14.3 Å². The second-order valence-corrected chi connectivity index (χ2v) is 4.77. The summed E-state index contributed by atoms with van der Waals surface area (Å²) >= 11 is 0. The van der Waals surface area contributed by atoms with E-state index in [-0.39, 0.29) is 17.5 Å². The molecule has 2 rings (SSSR count). The van der Waals surface area contributed by atoms with E-state index in [9.17, 15) is 14.4 Å². The van der Waals surface area contributed by atoms with Gasteiger partial charge in [0.05, 0.1) is 7.11 Å². The van der Waals surface area contributed by atoms with Gasteiger partial charge >= 0.3 is 5.97 Å². The highest BCUT2D eigenvalue weighted by Crippen LogP contribution is 2.32. The van der Waals surface area contributed by atoms with Crippen LogP contribution in [0.4, 0.5) is 0 Å². The van der Waals surface area contributed by atoms with Crippen LogP contribution in [0.1, 0.15) is 29.6 Å². The van der Waals surface area contributed by atoms with Crippen molar-refractivity contribution in [3.63, 3.8) is 0 Å². The van der Waals surface area contributed by atoms with Crippen LogP contribution in [0, 0.1) is 11.8 Å². The molecule has 0 saturated heterocycles. The maximum atomic E-state index is 12.4. The van der Waals surface area contributed by atoms with E-state index in [1.54, 1.807) is 24.3 Å². The van der Waals surface area contributed by atoms with Crippen molar-refractivity contribution in [2.45, 2.75) is 19.3 Å². The molecule has 1 aliphatic carbocycles. The summed E-state index contributed by atoms with van der Waals surface area (Å²) in [5.41, 5.74) is 0.484. The molecule has 1 aromatic rings. The predicted octanol–water partition coefficient (Wildman–Crippen LogP) is 2.03. The molecule has 0 N–H and O–H groups in total. The van der Waals surface area contributed by atoms with Gasteiger partial charge in [-0.25, -0.2) is 0 Å². The molecule has 0 aliphatic heterocycles. The summed E-state index contributed by atoms with van der Waals surface area (Å²) in [7, 11) is 1.27. The van der Waals surface area contributed by atoms with Gasteiger partial charge in [-0.3, -0.25) is 14.4 Å². The van der Waals surface area contributed by atoms with Gasteiger partial charge in [-0.2, -0.15) is 0 Å². The van der Waals surface area contributed by atoms with Gasteiger partial charge in [0.2, 0.25) is 0 Å². The molecular formula is C15H16O4. The number of ketones is 2. The average Bonchev–Trinajstić information content (AvgIpc) is 2.86. The Balaban J connectivity index is 2.25. The Hall–Kier alpha value is -1.97. The second-order valence-electron chi connectivity index (χ2n) is 4.77. The summed E-state index contributed by atoms with van der Waals surface area (Å²) in [5, 5.41) is 0. The van der Waals surface area contributed by atoms with Gasteiger partial charge in [0, 0.05) is 18.4 Å². The molecule has 0 heterocycles. The Kier molecular flexibility index (Phi) is 4.10. The van der Waals surface area contributed by atoms with Crippen molar-refractivity contribution in [2.75, 3.05) is 7.11 Å². The van der Waals surface area contributed by atoms with Gasteiger partial charge in [-0.05, 0) is 12.3 Å². The van der Waals surface area contributed by atoms with Crippen molar-refractivity contribution in [1.29, 1.82) is 0 Å². The van der Waals surface area contributed by atoms with Crippen molar-refractivity contribution >= 4 is 17.5 Å². The highest BCUT2D eigenvalue weighted by Gasteiger charge is 2.39. The number of ether oxygens (including phenoxy) is 1. The van der Waals surface area contributed by atoms with E-state index < -0.39 is 11.9 Å². The molecule has 0 aromatic heterocycles. The fourth-order valence-corrected chi connectivity index (χ4v) is 2.55. The molecule has 0 spiro atoms. The summed E-state index contributed by atoms with van der Waals surface area (Å²) in [6.07, 6.45) is 1.32. The first-order valence-corrected chi connectivity index (χ1v) is 6.32. The fourth-order valence-electron chi connectivity index (χ4n) is 2.55. The van der Waals surface area contributed by atoms with E-state index in [4.69, 9.17) is 4.74 Å². The molecule has 1 aromatic carbocycles. The average molecular weight is 260 g/mol. The van der Waals surface area contributed by atoms with Gasteiger partial charge in [0.25, 0.3) is 0 Å². The van der Waals surface area contributed by atoms with E-state index in [1.165, 1.54) is 7.11 Å². The Bertz CT molecular complexity index is 492. The third-order valence-corrected chi connectivity index (χ3v) is 3.55. The molecule has 0 radical (unpaired) electrons. The minimum absolute atomic E-state index is 0.111. The van der Waals surface area contributed by atoms with Crippen molar-refractivity contribution in [3.05, 3.63) is 35.9 Å². The summed E-state index contributed by atoms with van der Waals surface area (Å²) in [5.74, 6) is -1.79. The van der Waals surface area contributed by atoms with Crippen LogP contribution in [0.5, 0.6) is 0 Å². The molecule has 1 saturated carbocycles. The van der Waals surface area contributed by atoms with Crippen LogP contribution < -0.4 is 0 Å². The number of carbonyl (C=O) groups is 3. The lowest BCUT2D eigenvalue weighted by Gasteiger charge is -2.19. The van der Waals surface area contributed by atoms with Gasteiger partial charge in [0.15, 0.2) is 5.78 Å². The molecule has 1 unspecified atom stereocenters. The van der Waals surface area contributed by atoms with Gasteiger partial charge in [0.1, 0.15) is 11.7 Å². The smallest absolute Gasteiger partial charge is 0.316 e. The first-order chi connectivity index (χ1) is 9.13. The number of carbonyl (C=O) groups excluding carboxylic acids is 3. The lowest BCUT2D eigenvalue weighted by Crippen LogP contribution is -2.31. The molecule has 4 heteroatoms. The number of benzene rings is 1. The number of methoxy groups -OCH3 is 1. The zero-order chi connectivity index (χ0) is 13.8. The Labute approximate surface area is 111 Å². The van der Waals surface area contributed by atoms with E-state index >= 15 is 0 Å². The van der Waals surface area contributed by atoms with E-state index in [0.717, 1.165) is 0 Å². The maximum Gasteiger partial charge on any atom is 0.316 e. The molecule has 100 valence electrons. The lowest BCUT2D eigenvalue weighted by atomic mass is 9.84. The first kappa shape index (κ1) is 13.5. The number of rotatable bonds is 4. The fraction of sp³-hybridized carbons (Fsp3) is 0.400. The molecule has 1 aliphatic rings. The third-order valence-electron chi connectivity index (χ3n) is 3.55. The highest BCUT2D eigenvalue weighted by atomic mass is 16.5. The zero-order valence-electron chi connectivity index (χ0n) is 10.8. The van der Waals surface area contributed by atoms with Crippen LogP contribution in [-0.4, -0.2) is 24.6 Å². The molecule has 0 bridgehead atoms. The number of hydrogen-bond acceptors (Lipinski definition) is 4. The minimum Gasteiger partial charge on any atom is -0.468 e. The standard InChI is InChI=1S/C15H16O4/c1-19-15(18)13(11-7-8-12(16)9-11)14(17)10-5-3-2-4-6-10/h2-6,11,13H,7-9H2,1H3/t11-,13?/m1/s1. The molecule has 4 nitrogen and oxygen atoms in total. The Morgan fingerprint density at radius 2 is 1.95 bits per heavy atom. The summed E-state index contributed by atoms with van der Waals surface area (Å²) in [6, 6.07) is 8.66. The minimum atomic E-state index is -0.862. The molecule has 2 atom stereocenters. The molecule has 19 heavy (non-hydrogen) atoms. The van der Waals surface area contributed by atoms with Crippen molar-refractivity contribution in [1.82, 2.24) is 0 Å². The van der Waals surface area contributed by atoms with Gasteiger partial charge < -0.3 is 4.74 Å². The van der Waals surface area contributed by atoms with E-state index in [0.29, 0.717) is 24.8 Å². The van der Waals surface area contributed by atoms with Crippen LogP contribution in [0.2, 0.25) is 0 Å². The number of esters is 1. The number of Topliss-reactive ketones (excluding diaryl/α,β-unsaturated/α-hetero) is 2. The monoisotopic (exact) mass is 260 g/mol. The zero-order valence-corrected chi connectivity index (χ0v) is 10.8. The second kappa shape index (κ2) is 5.78. The number of hydrogen-bond donors (Lipinski definition) is 0. The van der Waals surface area contributed by atoms with Crippen molar-refractivity contribution in [2.24, 2.45) is 11.8 Å². The van der Waals surface area contributed by atoms with Crippen LogP contribution in [0.25, 0.3) is 0 Å². The molecule has 0 amide bonds. The Morgan fingerprint density at radius 1 is 1.26 bits per heavy atom. The van der Waals surface area contributed by atoms with E-state index in [2.05, 4.69) is 0 Å². The van der Waals surface area contributed by atoms with Crippen LogP contribution in [0.15, 0.2) is 30.3 Å². The molecule has 1 fully saturated rings. The lowest BCUT2D eigenvalue weighted by molar-refractivity contribution is -0.145. The largest absolute Gasteiger partial charge is 0.468 e. The van der Waals surface area contributed by atoms with Crippen molar-refractivity contribution < 1.29 is 19.1 Å². The summed E-state index contributed by atoms with van der Waals surface area (Å²) in [4.78, 5) is 35.7. The van der Waals surface area contributed by atoms with Crippen LogP contribution >= 0.6 is 0 Å². The highest BCUT2D eigenvalue weighted by molar-refractivity contribution is 6.09. The summed E-state index contributed by atoms with van der Waals surface area (Å²) in [6.45, 7) is 0. The SMILES string of the molecule is COC(=O)C(C(=O)c1ccccc1)[C@@H]1CCC(=O)C1. The molecular weight excluding hydrogens is 244 g/mol.